The van der Waals surface area contributed by atoms with Gasteiger partial charge in [-0.15, -0.1) is 0 Å². The Morgan fingerprint density at radius 1 is 1.42 bits per heavy atom. The van der Waals surface area contributed by atoms with E-state index in [1.807, 2.05) is 25.2 Å². The Labute approximate surface area is 119 Å². The van der Waals surface area contributed by atoms with Crippen LogP contribution in [-0.4, -0.2) is 54.4 Å². The van der Waals surface area contributed by atoms with Gasteiger partial charge in [0.25, 0.3) is 0 Å². The molecule has 0 bridgehead atoms. The number of nitrogens with two attached hydrogens (primary N) is 1. The van der Waals surface area contributed by atoms with Crippen molar-refractivity contribution in [1.29, 1.82) is 0 Å². The third-order valence-electron chi connectivity index (χ3n) is 3.01. The molecule has 2 atom stereocenters. The van der Waals surface area contributed by atoms with Crippen LogP contribution in [0, 0.1) is 0 Å². The molecular weight excluding hydrogens is 260 g/mol. The van der Waals surface area contributed by atoms with E-state index < -0.39 is 6.10 Å². The second-order valence-corrected chi connectivity index (χ2v) is 5.66. The van der Waals surface area contributed by atoms with Crippen LogP contribution in [0.1, 0.15) is 6.92 Å². The number of likely N-dealkylation sites (N-methyl/N-ethyl adjacent to an activating group) is 1. The lowest BCUT2D eigenvalue weighted by molar-refractivity contribution is 0.0687. The Hall–Kier alpha value is -0.910. The van der Waals surface area contributed by atoms with Crippen LogP contribution in [0.3, 0.4) is 0 Å². The van der Waals surface area contributed by atoms with Crippen LogP contribution in [-0.2, 0) is 0 Å². The number of para-hydroxylation sites is 2. The first-order chi connectivity index (χ1) is 9.04. The van der Waals surface area contributed by atoms with Gasteiger partial charge >= 0.3 is 0 Å². The lowest BCUT2D eigenvalue weighted by atomic mass is 10.2. The first-order valence-corrected chi connectivity index (χ1v) is 7.78. The fraction of sp³-hybridized carbons (Fsp3) is 0.571. The maximum atomic E-state index is 9.97. The predicted octanol–water partition coefficient (Wildman–Crippen LogP) is 1.69. The topological polar surface area (TPSA) is 58.7 Å². The van der Waals surface area contributed by atoms with Gasteiger partial charge in [0.05, 0.1) is 5.69 Å². The number of nitrogen functional groups attached to an aromatic ring is 1. The van der Waals surface area contributed by atoms with Crippen LogP contribution in [0.25, 0.3) is 0 Å². The number of anilines is 1. The summed E-state index contributed by atoms with van der Waals surface area (Å²) in [6, 6.07) is 7.75. The van der Waals surface area contributed by atoms with Crippen LogP contribution >= 0.6 is 11.8 Å². The van der Waals surface area contributed by atoms with Gasteiger partial charge in [0.2, 0.25) is 0 Å². The molecule has 2 unspecified atom stereocenters. The zero-order chi connectivity index (χ0) is 14.3. The van der Waals surface area contributed by atoms with Gasteiger partial charge in [-0.2, -0.15) is 11.8 Å². The van der Waals surface area contributed by atoms with Gasteiger partial charge in [0.1, 0.15) is 18.5 Å². The predicted molar refractivity (Wildman–Crippen MR) is 82.8 cm³/mol. The van der Waals surface area contributed by atoms with Crippen molar-refractivity contribution in [1.82, 2.24) is 4.90 Å². The fourth-order valence-electron chi connectivity index (χ4n) is 1.73. The molecule has 0 fully saturated rings. The second-order valence-electron chi connectivity index (χ2n) is 4.75. The molecule has 0 aliphatic rings. The Morgan fingerprint density at radius 2 is 2.11 bits per heavy atom. The number of thioether (sulfide) groups is 1. The minimum atomic E-state index is -0.520. The molecule has 0 aromatic heterocycles. The van der Waals surface area contributed by atoms with Crippen LogP contribution in [0.15, 0.2) is 24.3 Å². The van der Waals surface area contributed by atoms with Crippen molar-refractivity contribution in [3.8, 4) is 5.75 Å². The van der Waals surface area contributed by atoms with E-state index in [1.54, 1.807) is 17.8 Å². The van der Waals surface area contributed by atoms with Crippen molar-refractivity contribution in [2.24, 2.45) is 0 Å². The number of aliphatic hydroxyl groups is 1. The highest BCUT2D eigenvalue weighted by molar-refractivity contribution is 7.98. The molecule has 1 rings (SSSR count). The van der Waals surface area contributed by atoms with E-state index in [1.165, 1.54) is 0 Å². The average molecular weight is 284 g/mol. The molecule has 0 amide bonds. The molecule has 0 saturated heterocycles. The number of rotatable bonds is 8. The van der Waals surface area contributed by atoms with Gasteiger partial charge in [-0.3, -0.25) is 0 Å². The summed E-state index contributed by atoms with van der Waals surface area (Å²) < 4.78 is 5.53. The smallest absolute Gasteiger partial charge is 0.142 e. The molecule has 0 aliphatic carbocycles. The van der Waals surface area contributed by atoms with Gasteiger partial charge < -0.3 is 20.5 Å². The molecule has 0 radical (unpaired) electrons. The molecule has 5 heteroatoms. The highest BCUT2D eigenvalue weighted by Gasteiger charge is 2.14. The van der Waals surface area contributed by atoms with Crippen molar-refractivity contribution < 1.29 is 9.84 Å². The Morgan fingerprint density at radius 3 is 2.74 bits per heavy atom. The Bertz CT molecular complexity index is 376. The summed E-state index contributed by atoms with van der Waals surface area (Å²) >= 11 is 1.81. The molecule has 0 spiro atoms. The Balaban J connectivity index is 2.35. The number of hydrogen-bond acceptors (Lipinski definition) is 5. The summed E-state index contributed by atoms with van der Waals surface area (Å²) in [7, 11) is 2.01. The zero-order valence-corrected chi connectivity index (χ0v) is 12.7. The van der Waals surface area contributed by atoms with E-state index in [0.717, 1.165) is 5.75 Å². The highest BCUT2D eigenvalue weighted by atomic mass is 32.2. The standard InChI is InChI=1S/C14H24N2O2S/c1-11(10-19-3)16(2)8-12(17)9-18-14-7-5-4-6-13(14)15/h4-7,11-12,17H,8-10,15H2,1-3H3. The van der Waals surface area contributed by atoms with E-state index in [-0.39, 0.29) is 6.61 Å². The number of hydrogen-bond donors (Lipinski definition) is 2. The summed E-state index contributed by atoms with van der Waals surface area (Å²) in [5.41, 5.74) is 6.37. The molecule has 4 nitrogen and oxygen atoms in total. The quantitative estimate of drug-likeness (QED) is 0.712. The molecule has 1 aromatic carbocycles. The van der Waals surface area contributed by atoms with E-state index in [2.05, 4.69) is 18.1 Å². The maximum Gasteiger partial charge on any atom is 0.142 e. The summed E-state index contributed by atoms with van der Waals surface area (Å²) in [5, 5.41) is 9.97. The monoisotopic (exact) mass is 284 g/mol. The van der Waals surface area contributed by atoms with Crippen molar-refractivity contribution in [2.45, 2.75) is 19.1 Å². The van der Waals surface area contributed by atoms with Gasteiger partial charge in [-0.1, -0.05) is 12.1 Å². The lowest BCUT2D eigenvalue weighted by Crippen LogP contribution is -2.39. The molecule has 0 heterocycles. The van der Waals surface area contributed by atoms with Crippen molar-refractivity contribution in [3.63, 3.8) is 0 Å². The van der Waals surface area contributed by atoms with Gasteiger partial charge in [0.15, 0.2) is 0 Å². The minimum absolute atomic E-state index is 0.255. The number of aliphatic hydroxyl groups excluding tert-OH is 1. The maximum absolute atomic E-state index is 9.97. The third-order valence-corrected chi connectivity index (χ3v) is 3.83. The van der Waals surface area contributed by atoms with E-state index in [4.69, 9.17) is 10.5 Å². The first kappa shape index (κ1) is 16.1. The average Bonchev–Trinajstić information content (AvgIpc) is 2.38. The van der Waals surface area contributed by atoms with E-state index in [0.29, 0.717) is 24.0 Å². The van der Waals surface area contributed by atoms with Crippen molar-refractivity contribution >= 4 is 17.4 Å². The fourth-order valence-corrected chi connectivity index (χ4v) is 2.47. The second kappa shape index (κ2) is 8.30. The number of ether oxygens (including phenoxy) is 1. The largest absolute Gasteiger partial charge is 0.489 e. The van der Waals surface area contributed by atoms with Crippen LogP contribution < -0.4 is 10.5 Å². The van der Waals surface area contributed by atoms with Gasteiger partial charge in [-0.25, -0.2) is 0 Å². The van der Waals surface area contributed by atoms with Crippen molar-refractivity contribution in [2.75, 3.05) is 37.9 Å². The molecule has 1 aromatic rings. The number of nitrogens with zero attached hydrogens (tertiary/aromatic N) is 1. The van der Waals surface area contributed by atoms with E-state index >= 15 is 0 Å². The van der Waals surface area contributed by atoms with Gasteiger partial charge in [-0.05, 0) is 32.4 Å². The first-order valence-electron chi connectivity index (χ1n) is 6.39. The molecule has 3 N–H and O–H groups in total. The molecule has 0 saturated carbocycles. The minimum Gasteiger partial charge on any atom is -0.489 e. The molecule has 0 aliphatic heterocycles. The lowest BCUT2D eigenvalue weighted by Gasteiger charge is -2.26. The summed E-state index contributed by atoms with van der Waals surface area (Å²) in [6.45, 7) is 3.00. The summed E-state index contributed by atoms with van der Waals surface area (Å²) in [5.74, 6) is 1.68. The number of benzene rings is 1. The zero-order valence-electron chi connectivity index (χ0n) is 11.9. The summed E-state index contributed by atoms with van der Waals surface area (Å²) in [6.07, 6.45) is 1.57. The molecule has 19 heavy (non-hydrogen) atoms. The molecule has 108 valence electrons. The normalized spacial score (nSPS) is 14.4. The Kier molecular flexibility index (Phi) is 7.05. The van der Waals surface area contributed by atoms with Crippen LogP contribution in [0.5, 0.6) is 5.75 Å². The summed E-state index contributed by atoms with van der Waals surface area (Å²) in [4.78, 5) is 2.14. The third kappa shape index (κ3) is 5.72. The van der Waals surface area contributed by atoms with E-state index in [9.17, 15) is 5.11 Å². The molecular formula is C14H24N2O2S. The van der Waals surface area contributed by atoms with Gasteiger partial charge in [0, 0.05) is 18.3 Å². The van der Waals surface area contributed by atoms with Crippen molar-refractivity contribution in [3.05, 3.63) is 24.3 Å². The van der Waals surface area contributed by atoms with Crippen LogP contribution in [0.2, 0.25) is 0 Å². The SMILES string of the molecule is CSCC(C)N(C)CC(O)COc1ccccc1N. The highest BCUT2D eigenvalue weighted by Crippen LogP contribution is 2.19. The van der Waals surface area contributed by atoms with Crippen LogP contribution in [0.4, 0.5) is 5.69 Å².